The van der Waals surface area contributed by atoms with Crippen molar-refractivity contribution in [3.05, 3.63) is 34.2 Å². The van der Waals surface area contributed by atoms with E-state index in [4.69, 9.17) is 14.2 Å². The lowest BCUT2D eigenvalue weighted by Crippen LogP contribution is -2.27. The third-order valence-corrected chi connectivity index (χ3v) is 4.38. The van der Waals surface area contributed by atoms with Crippen LogP contribution in [0.5, 0.6) is 11.5 Å². The van der Waals surface area contributed by atoms with Crippen LogP contribution in [0.4, 0.5) is 0 Å². The Balaban J connectivity index is 2.02. The minimum absolute atomic E-state index is 0.102. The minimum atomic E-state index is -0.366. The van der Waals surface area contributed by atoms with Gasteiger partial charge in [0, 0.05) is 32.1 Å². The summed E-state index contributed by atoms with van der Waals surface area (Å²) in [6.45, 7) is 5.68. The average Bonchev–Trinajstić information content (AvgIpc) is 2.73. The Bertz CT molecular complexity index is 882. The molecule has 0 fully saturated rings. The number of amides is 1. The molecule has 0 unspecified atom stereocenters. The molecule has 0 aliphatic rings. The number of ether oxygens (including phenoxy) is 3. The molecule has 164 valence electrons. The Morgan fingerprint density at radius 1 is 1.17 bits per heavy atom. The van der Waals surface area contributed by atoms with Crippen LogP contribution in [0, 0.1) is 5.92 Å². The molecular formula is C21H30N4O5. The van der Waals surface area contributed by atoms with Gasteiger partial charge in [0.1, 0.15) is 12.3 Å². The Hall–Kier alpha value is -2.94. The fraction of sp³-hybridized carbons (Fsp3) is 0.524. The van der Waals surface area contributed by atoms with Gasteiger partial charge < -0.3 is 24.5 Å². The largest absolute Gasteiger partial charge is 0.493 e. The number of nitrogens with zero attached hydrogens (tertiary/aromatic N) is 2. The minimum Gasteiger partial charge on any atom is -0.493 e. The van der Waals surface area contributed by atoms with Gasteiger partial charge in [0.15, 0.2) is 17.3 Å². The number of rotatable bonds is 12. The first-order valence-electron chi connectivity index (χ1n) is 9.97. The highest BCUT2D eigenvalue weighted by Gasteiger charge is 2.12. The number of aryl methyl sites for hydroxylation is 1. The Morgan fingerprint density at radius 2 is 1.97 bits per heavy atom. The number of nitrogens with one attached hydrogen (secondary N) is 2. The Labute approximate surface area is 176 Å². The monoisotopic (exact) mass is 418 g/mol. The van der Waals surface area contributed by atoms with Crippen LogP contribution in [0.15, 0.2) is 23.0 Å². The first-order valence-corrected chi connectivity index (χ1v) is 9.97. The van der Waals surface area contributed by atoms with Gasteiger partial charge in [-0.15, -0.1) is 10.2 Å². The summed E-state index contributed by atoms with van der Waals surface area (Å²) < 4.78 is 15.9. The summed E-state index contributed by atoms with van der Waals surface area (Å²) in [6, 6.07) is 5.20. The van der Waals surface area contributed by atoms with Gasteiger partial charge in [0.2, 0.25) is 5.91 Å². The molecule has 2 N–H and O–H groups in total. The van der Waals surface area contributed by atoms with E-state index in [9.17, 15) is 9.59 Å². The average molecular weight is 418 g/mol. The van der Waals surface area contributed by atoms with Crippen molar-refractivity contribution in [2.24, 2.45) is 5.92 Å². The lowest BCUT2D eigenvalue weighted by molar-refractivity contribution is -0.121. The molecular weight excluding hydrogens is 388 g/mol. The van der Waals surface area contributed by atoms with Crippen molar-refractivity contribution in [2.75, 3.05) is 34.0 Å². The molecule has 0 atom stereocenters. The molecule has 2 aromatic rings. The molecule has 0 saturated carbocycles. The van der Waals surface area contributed by atoms with Crippen molar-refractivity contribution in [1.29, 1.82) is 0 Å². The van der Waals surface area contributed by atoms with Crippen molar-refractivity contribution in [1.82, 2.24) is 20.5 Å². The van der Waals surface area contributed by atoms with E-state index in [2.05, 4.69) is 34.3 Å². The maximum absolute atomic E-state index is 12.4. The van der Waals surface area contributed by atoms with Crippen LogP contribution >= 0.6 is 0 Å². The number of benzene rings is 1. The highest BCUT2D eigenvalue weighted by atomic mass is 16.5. The van der Waals surface area contributed by atoms with Crippen molar-refractivity contribution >= 4 is 5.91 Å². The SMILES string of the molecule is COCCOc1ccc(-c2nnc(CCC(=O)NCCC(C)C)c(=O)[nH]2)cc1OC. The van der Waals surface area contributed by atoms with Gasteiger partial charge in [-0.05, 0) is 30.5 Å². The highest BCUT2D eigenvalue weighted by Crippen LogP contribution is 2.31. The van der Waals surface area contributed by atoms with Gasteiger partial charge in [-0.1, -0.05) is 13.8 Å². The molecule has 0 radical (unpaired) electrons. The standard InChI is InChI=1S/C21H30N4O5/c1-14(2)9-10-22-19(26)8-6-16-21(27)23-20(25-24-16)15-5-7-17(18(13-15)29-4)30-12-11-28-3/h5,7,13-14H,6,8-12H2,1-4H3,(H,22,26)(H,23,25,27). The molecule has 0 spiro atoms. The van der Waals surface area contributed by atoms with E-state index >= 15 is 0 Å². The van der Waals surface area contributed by atoms with Crippen molar-refractivity contribution < 1.29 is 19.0 Å². The van der Waals surface area contributed by atoms with Crippen LogP contribution in [0.3, 0.4) is 0 Å². The van der Waals surface area contributed by atoms with E-state index in [0.29, 0.717) is 48.6 Å². The van der Waals surface area contributed by atoms with Crippen LogP contribution in [0.1, 0.15) is 32.4 Å². The van der Waals surface area contributed by atoms with E-state index in [1.54, 1.807) is 25.3 Å². The summed E-state index contributed by atoms with van der Waals surface area (Å²) in [5.41, 5.74) is 0.493. The van der Waals surface area contributed by atoms with Crippen molar-refractivity contribution in [3.63, 3.8) is 0 Å². The number of aromatic amines is 1. The maximum Gasteiger partial charge on any atom is 0.273 e. The van der Waals surface area contributed by atoms with Gasteiger partial charge in [-0.25, -0.2) is 0 Å². The topological polar surface area (TPSA) is 115 Å². The molecule has 9 nitrogen and oxygen atoms in total. The van der Waals surface area contributed by atoms with Gasteiger partial charge in [0.25, 0.3) is 5.56 Å². The number of aromatic nitrogens is 3. The zero-order chi connectivity index (χ0) is 21.9. The Morgan fingerprint density at radius 3 is 2.63 bits per heavy atom. The van der Waals surface area contributed by atoms with Gasteiger partial charge in [-0.2, -0.15) is 0 Å². The second-order valence-electron chi connectivity index (χ2n) is 7.19. The predicted octanol–water partition coefficient (Wildman–Crippen LogP) is 1.96. The molecule has 0 bridgehead atoms. The number of carbonyl (C=O) groups is 1. The summed E-state index contributed by atoms with van der Waals surface area (Å²) in [4.78, 5) is 27.0. The van der Waals surface area contributed by atoms with Crippen molar-refractivity contribution in [3.8, 4) is 22.9 Å². The second-order valence-corrected chi connectivity index (χ2v) is 7.19. The van der Waals surface area contributed by atoms with Crippen LogP contribution in [-0.4, -0.2) is 55.1 Å². The number of carbonyl (C=O) groups excluding carboxylic acids is 1. The normalized spacial score (nSPS) is 10.8. The van der Waals surface area contributed by atoms with E-state index in [1.165, 1.54) is 7.11 Å². The molecule has 0 aliphatic heterocycles. The Kier molecular flexibility index (Phi) is 9.27. The molecule has 2 rings (SSSR count). The fourth-order valence-electron chi connectivity index (χ4n) is 2.64. The molecule has 1 aromatic carbocycles. The third kappa shape index (κ3) is 7.14. The maximum atomic E-state index is 12.4. The van der Waals surface area contributed by atoms with E-state index in [0.717, 1.165) is 6.42 Å². The summed E-state index contributed by atoms with van der Waals surface area (Å²) in [7, 11) is 3.13. The van der Waals surface area contributed by atoms with Crippen LogP contribution in [0.2, 0.25) is 0 Å². The lowest BCUT2D eigenvalue weighted by Gasteiger charge is -2.11. The number of hydrogen-bond donors (Lipinski definition) is 2. The van der Waals surface area contributed by atoms with Crippen molar-refractivity contribution in [2.45, 2.75) is 33.1 Å². The van der Waals surface area contributed by atoms with E-state index < -0.39 is 0 Å². The second kappa shape index (κ2) is 11.9. The molecule has 1 heterocycles. The van der Waals surface area contributed by atoms with Gasteiger partial charge in [0.05, 0.1) is 13.7 Å². The smallest absolute Gasteiger partial charge is 0.273 e. The molecule has 0 aliphatic carbocycles. The van der Waals surface area contributed by atoms with Gasteiger partial charge in [-0.3, -0.25) is 9.59 Å². The molecule has 1 amide bonds. The highest BCUT2D eigenvalue weighted by molar-refractivity contribution is 5.76. The molecule has 9 heteroatoms. The predicted molar refractivity (Wildman–Crippen MR) is 113 cm³/mol. The summed E-state index contributed by atoms with van der Waals surface area (Å²) >= 11 is 0. The quantitative estimate of drug-likeness (QED) is 0.506. The molecule has 30 heavy (non-hydrogen) atoms. The van der Waals surface area contributed by atoms with Crippen LogP contribution in [-0.2, 0) is 16.0 Å². The third-order valence-electron chi connectivity index (χ3n) is 4.38. The van der Waals surface area contributed by atoms with E-state index in [-0.39, 0.29) is 30.0 Å². The lowest BCUT2D eigenvalue weighted by atomic mass is 10.1. The first-order chi connectivity index (χ1) is 14.4. The molecule has 1 aromatic heterocycles. The molecule has 0 saturated heterocycles. The zero-order valence-corrected chi connectivity index (χ0v) is 18.0. The van der Waals surface area contributed by atoms with E-state index in [1.807, 2.05) is 0 Å². The summed E-state index contributed by atoms with van der Waals surface area (Å²) in [5, 5.41) is 11.0. The zero-order valence-electron chi connectivity index (χ0n) is 18.0. The summed E-state index contributed by atoms with van der Waals surface area (Å²) in [5.74, 6) is 1.81. The van der Waals surface area contributed by atoms with Crippen LogP contribution < -0.4 is 20.3 Å². The number of H-pyrrole nitrogens is 1. The van der Waals surface area contributed by atoms with Gasteiger partial charge >= 0.3 is 0 Å². The van der Waals surface area contributed by atoms with Crippen LogP contribution in [0.25, 0.3) is 11.4 Å². The summed E-state index contributed by atoms with van der Waals surface area (Å²) in [6.07, 6.45) is 1.34. The first kappa shape index (κ1) is 23.3. The number of methoxy groups -OCH3 is 2. The fourth-order valence-corrected chi connectivity index (χ4v) is 2.64. The number of hydrogen-bond acceptors (Lipinski definition) is 7.